The number of rotatable bonds is 19. The number of fused-ring (bicyclic) bond motifs is 2. The maximum atomic E-state index is 12.7. The van der Waals surface area contributed by atoms with Gasteiger partial charge in [0.1, 0.15) is 24.7 Å². The van der Waals surface area contributed by atoms with Crippen molar-refractivity contribution in [1.29, 1.82) is 0 Å². The van der Waals surface area contributed by atoms with Crippen molar-refractivity contribution in [2.24, 2.45) is 0 Å². The largest absolute Gasteiger partial charge is 0.489 e. The van der Waals surface area contributed by atoms with Crippen molar-refractivity contribution in [3.05, 3.63) is 168 Å². The van der Waals surface area contributed by atoms with Gasteiger partial charge in [0.25, 0.3) is 0 Å². The Bertz CT molecular complexity index is 2920. The lowest BCUT2D eigenvalue weighted by Gasteiger charge is -2.26. The summed E-state index contributed by atoms with van der Waals surface area (Å²) in [5.74, 6) is 2.37. The van der Waals surface area contributed by atoms with E-state index in [-0.39, 0.29) is 19.8 Å². The van der Waals surface area contributed by atoms with Gasteiger partial charge < -0.3 is 46.1 Å². The van der Waals surface area contributed by atoms with Crippen LogP contribution >= 0.6 is 0 Å². The highest BCUT2D eigenvalue weighted by Gasteiger charge is 2.14. The van der Waals surface area contributed by atoms with E-state index >= 15 is 0 Å². The molecule has 6 aromatic carbocycles. The number of carboxylic acids is 1. The zero-order chi connectivity index (χ0) is 50.5. The number of nitrogen functional groups attached to an aromatic ring is 1. The summed E-state index contributed by atoms with van der Waals surface area (Å²) in [6.07, 6.45) is 8.32. The van der Waals surface area contributed by atoms with Crippen LogP contribution in [-0.2, 0) is 35.6 Å². The van der Waals surface area contributed by atoms with Gasteiger partial charge >= 0.3 is 5.97 Å². The lowest BCUT2D eigenvalue weighted by atomic mass is 10.1. The van der Waals surface area contributed by atoms with E-state index in [0.29, 0.717) is 19.6 Å². The molecule has 15 heteroatoms. The molecule has 4 heterocycles. The fraction of sp³-hybridized carbons (Fsp3) is 0.322. The van der Waals surface area contributed by atoms with Gasteiger partial charge in [-0.05, 0) is 135 Å². The number of piperidine rings is 2. The van der Waals surface area contributed by atoms with Gasteiger partial charge in [-0.25, -0.2) is 0 Å². The molecule has 0 unspecified atom stereocenters. The predicted molar refractivity (Wildman–Crippen MR) is 299 cm³/mol. The smallest absolute Gasteiger partial charge is 0.307 e. The summed E-state index contributed by atoms with van der Waals surface area (Å²) < 4.78 is 11.4. The van der Waals surface area contributed by atoms with Crippen molar-refractivity contribution in [3.8, 4) is 11.5 Å². The minimum atomic E-state index is -0.826. The van der Waals surface area contributed by atoms with Crippen molar-refractivity contribution in [3.63, 3.8) is 0 Å². The first-order chi connectivity index (χ1) is 35.8. The number of hydrogen-bond acceptors (Lipinski definition) is 11. The molecule has 2 aliphatic heterocycles. The Balaban J connectivity index is 0.000000177. The van der Waals surface area contributed by atoms with Gasteiger partial charge in [0, 0.05) is 48.3 Å². The Morgan fingerprint density at radius 1 is 0.554 bits per heavy atom. The van der Waals surface area contributed by atoms with Gasteiger partial charge in [-0.15, -0.1) is 0 Å². The third-order valence-corrected chi connectivity index (χ3v) is 12.8. The maximum Gasteiger partial charge on any atom is 0.307 e. The molecule has 0 bridgehead atoms. The molecule has 0 saturated carbocycles. The molecule has 8 aromatic rings. The molecule has 0 aliphatic carbocycles. The van der Waals surface area contributed by atoms with E-state index in [2.05, 4.69) is 46.1 Å². The molecule has 15 nitrogen and oxygen atoms in total. The summed E-state index contributed by atoms with van der Waals surface area (Å²) in [5, 5.41) is 35.4. The molecule has 74 heavy (non-hydrogen) atoms. The molecule has 0 spiro atoms. The van der Waals surface area contributed by atoms with Crippen molar-refractivity contribution in [2.45, 2.75) is 72.0 Å². The summed E-state index contributed by atoms with van der Waals surface area (Å²) in [7, 11) is 0. The van der Waals surface area contributed by atoms with E-state index in [9.17, 15) is 9.59 Å². The van der Waals surface area contributed by atoms with Crippen LogP contribution in [0.2, 0.25) is 0 Å². The number of H-pyrrole nitrogens is 2. The molecule has 2 saturated heterocycles. The number of aromatic nitrogens is 4. The highest BCUT2D eigenvalue weighted by atomic mass is 16.5. The number of likely N-dealkylation sites (tertiary alicyclic amines) is 2. The van der Waals surface area contributed by atoms with Crippen molar-refractivity contribution >= 4 is 56.7 Å². The lowest BCUT2D eigenvalue weighted by Crippen LogP contribution is -2.33. The molecular formula is C59H72N10O5. The highest BCUT2D eigenvalue weighted by Crippen LogP contribution is 2.26. The number of amides is 1. The number of carbonyl (C=O) groups is 2. The minimum absolute atomic E-state index is 0. The van der Waals surface area contributed by atoms with Gasteiger partial charge in [0.2, 0.25) is 5.91 Å². The molecule has 2 fully saturated rings. The standard InChI is InChI=1S/C29H33N5O2.C15H14O3.C14H21N5.CH4/c35-28(19-22-9-12-25(13-10-22)36-21-23-7-3-1-4-8-23)31-24-11-14-27-26(20-24)29(33-32-27)30-15-18-34-16-5-2-6-17-34;16-15(17)10-12-6-8-14(9-7-12)18-11-13-4-2-1-3-5-13;15-11-4-5-13-12(10-11)14(18-17-13)16-6-9-19-7-2-1-3-8-19;/h1,3-4,7-14,20H,2,5-6,15-19,21H2,(H,31,35)(H2,30,32,33);1-9H,10-11H2,(H,16,17);4-5,10H,1-3,6-9,15H2,(H2,16,17,18);1H4. The second-order valence-corrected chi connectivity index (χ2v) is 18.5. The predicted octanol–water partition coefficient (Wildman–Crippen LogP) is 10.8. The Morgan fingerprint density at radius 2 is 1.01 bits per heavy atom. The molecule has 388 valence electrons. The molecule has 0 atom stereocenters. The monoisotopic (exact) mass is 1000 g/mol. The molecule has 8 N–H and O–H groups in total. The van der Waals surface area contributed by atoms with Gasteiger partial charge in [0.15, 0.2) is 11.6 Å². The topological polar surface area (TPSA) is 199 Å². The number of nitrogens with one attached hydrogen (secondary N) is 5. The van der Waals surface area contributed by atoms with Crippen LogP contribution in [0.25, 0.3) is 21.8 Å². The van der Waals surface area contributed by atoms with Gasteiger partial charge in [-0.1, -0.05) is 105 Å². The Kier molecular flexibility index (Phi) is 20.7. The summed E-state index contributed by atoms with van der Waals surface area (Å²) >= 11 is 0. The number of aromatic amines is 2. The van der Waals surface area contributed by atoms with E-state index in [0.717, 1.165) is 105 Å². The van der Waals surface area contributed by atoms with Crippen LogP contribution in [0.5, 0.6) is 11.5 Å². The van der Waals surface area contributed by atoms with Gasteiger partial charge in [0.05, 0.1) is 23.9 Å². The molecule has 1 amide bonds. The van der Waals surface area contributed by atoms with E-state index in [1.165, 1.54) is 64.7 Å². The number of carboxylic acid groups (broad SMARTS) is 1. The van der Waals surface area contributed by atoms with Crippen LogP contribution in [0, 0.1) is 0 Å². The van der Waals surface area contributed by atoms with Crippen LogP contribution < -0.4 is 31.2 Å². The number of aliphatic carboxylic acids is 1. The lowest BCUT2D eigenvalue weighted by molar-refractivity contribution is -0.136. The van der Waals surface area contributed by atoms with Gasteiger partial charge in [-0.3, -0.25) is 19.8 Å². The third kappa shape index (κ3) is 17.1. The van der Waals surface area contributed by atoms with Crippen molar-refractivity contribution in [1.82, 2.24) is 30.2 Å². The average Bonchev–Trinajstić information content (AvgIpc) is 4.02. The van der Waals surface area contributed by atoms with Gasteiger partial charge in [-0.2, -0.15) is 10.2 Å². The average molecular weight is 1000 g/mol. The van der Waals surface area contributed by atoms with Crippen LogP contribution in [0.3, 0.4) is 0 Å². The number of nitrogens with zero attached hydrogens (tertiary/aromatic N) is 4. The van der Waals surface area contributed by atoms with Crippen molar-refractivity contribution in [2.75, 3.05) is 74.0 Å². The zero-order valence-electron chi connectivity index (χ0n) is 41.5. The van der Waals surface area contributed by atoms with E-state index in [1.807, 2.05) is 121 Å². The van der Waals surface area contributed by atoms with Crippen LogP contribution in [0.4, 0.5) is 23.0 Å². The molecule has 10 rings (SSSR count). The normalized spacial score (nSPS) is 13.6. The summed E-state index contributed by atoms with van der Waals surface area (Å²) in [6, 6.07) is 46.4. The quantitative estimate of drug-likeness (QED) is 0.0379. The SMILES string of the molecule is C.Nc1ccc2[nH]nc(NCCN3CCCCC3)c2c1.O=C(Cc1ccc(OCc2ccccc2)cc1)Nc1ccc2[nH]nc(NCCN3CCCCC3)c2c1.O=C(O)Cc1ccc(OCc2ccccc2)cc1. The number of ether oxygens (including phenoxy) is 2. The molecule has 0 radical (unpaired) electrons. The van der Waals surface area contributed by atoms with Crippen LogP contribution in [-0.4, -0.2) is 99.5 Å². The number of hydrogen-bond donors (Lipinski definition) is 7. The second-order valence-electron chi connectivity index (χ2n) is 18.5. The van der Waals surface area contributed by atoms with Crippen molar-refractivity contribution < 1.29 is 24.2 Å². The van der Waals surface area contributed by atoms with E-state index in [1.54, 1.807) is 24.3 Å². The Morgan fingerprint density at radius 3 is 1.50 bits per heavy atom. The summed E-state index contributed by atoms with van der Waals surface area (Å²) in [4.78, 5) is 28.2. The second kappa shape index (κ2) is 28.4. The third-order valence-electron chi connectivity index (χ3n) is 12.8. The van der Waals surface area contributed by atoms with E-state index in [4.69, 9.17) is 20.3 Å². The first-order valence-electron chi connectivity index (χ1n) is 25.5. The zero-order valence-corrected chi connectivity index (χ0v) is 41.5. The number of nitrogens with two attached hydrogens (primary N) is 1. The summed E-state index contributed by atoms with van der Waals surface area (Å²) in [6.45, 7) is 9.73. The maximum absolute atomic E-state index is 12.7. The van der Waals surface area contributed by atoms with Crippen LogP contribution in [0.1, 0.15) is 68.2 Å². The highest BCUT2D eigenvalue weighted by molar-refractivity contribution is 5.97. The minimum Gasteiger partial charge on any atom is -0.489 e. The fourth-order valence-corrected chi connectivity index (χ4v) is 8.88. The number of carbonyl (C=O) groups excluding carboxylic acids is 1. The Hall–Kier alpha value is -7.88. The van der Waals surface area contributed by atoms with E-state index < -0.39 is 5.97 Å². The summed E-state index contributed by atoms with van der Waals surface area (Å²) in [5.41, 5.74) is 13.3. The van der Waals surface area contributed by atoms with Crippen LogP contribution in [0.15, 0.2) is 146 Å². The number of benzene rings is 6. The molecular weight excluding hydrogens is 929 g/mol. The Labute approximate surface area is 434 Å². The first-order valence-corrected chi connectivity index (χ1v) is 25.5. The first kappa shape index (κ1) is 53.9. The molecule has 2 aromatic heterocycles. The number of anilines is 4. The fourth-order valence-electron chi connectivity index (χ4n) is 8.88. The molecule has 2 aliphatic rings.